The summed E-state index contributed by atoms with van der Waals surface area (Å²) in [4.78, 5) is 39.5. The Morgan fingerprint density at radius 2 is 1.74 bits per heavy atom. The number of benzene rings is 1. The highest BCUT2D eigenvalue weighted by Crippen LogP contribution is 2.22. The molecule has 0 aliphatic carbocycles. The second kappa shape index (κ2) is 12.9. The van der Waals surface area contributed by atoms with E-state index < -0.39 is 6.04 Å². The molecule has 9 heteroatoms. The lowest BCUT2D eigenvalue weighted by Gasteiger charge is -2.35. The van der Waals surface area contributed by atoms with Crippen molar-refractivity contribution in [2.75, 3.05) is 54.2 Å². The molecule has 1 atom stereocenters. The Morgan fingerprint density at radius 1 is 1.06 bits per heavy atom. The van der Waals surface area contributed by atoms with Crippen molar-refractivity contribution in [1.29, 1.82) is 0 Å². The van der Waals surface area contributed by atoms with E-state index in [0.717, 1.165) is 0 Å². The molecule has 0 saturated carbocycles. The summed E-state index contributed by atoms with van der Waals surface area (Å²) in [5.74, 6) is -0.0331. The minimum absolute atomic E-state index is 0.0439. The van der Waals surface area contributed by atoms with Gasteiger partial charge in [-0.25, -0.2) is 0 Å². The van der Waals surface area contributed by atoms with E-state index >= 15 is 0 Å². The zero-order valence-electron chi connectivity index (χ0n) is 18.5. The second-order valence-electron chi connectivity index (χ2n) is 7.47. The molecule has 2 N–H and O–H groups in total. The Kier molecular flexibility index (Phi) is 10.3. The molecule has 1 aromatic rings. The number of ether oxygens (including phenoxy) is 3. The van der Waals surface area contributed by atoms with Crippen LogP contribution in [0.25, 0.3) is 0 Å². The molecule has 1 aliphatic heterocycles. The predicted molar refractivity (Wildman–Crippen MR) is 115 cm³/mol. The minimum atomic E-state index is -0.683. The van der Waals surface area contributed by atoms with Crippen LogP contribution in [0.5, 0.6) is 5.75 Å². The number of carbonyl (C=O) groups is 3. The molecule has 0 radical (unpaired) electrons. The van der Waals surface area contributed by atoms with Crippen molar-refractivity contribution in [3.8, 4) is 5.75 Å². The maximum atomic E-state index is 12.9. The first-order valence-electron chi connectivity index (χ1n) is 10.5. The Labute approximate surface area is 183 Å². The average molecular weight is 436 g/mol. The number of hydrogen-bond acceptors (Lipinski definition) is 6. The Hall–Kier alpha value is -2.65. The summed E-state index contributed by atoms with van der Waals surface area (Å²) in [5, 5.41) is 5.79. The first-order valence-corrected chi connectivity index (χ1v) is 10.5. The number of nitrogens with one attached hydrogen (secondary N) is 2. The van der Waals surface area contributed by atoms with E-state index in [1.807, 2.05) is 0 Å². The standard InChI is InChI=1S/C22H33N3O6/c1-29-14-4-11-23-22(28)20(16-9-12-25(13-10-16)19(26)15-30-2)24-21(27)17-5-7-18(31-3)8-6-17/h5-8,16,20H,4,9-15H2,1-3H3,(H,23,28)(H,24,27)/t20-/m0/s1. The molecule has 0 spiro atoms. The number of methoxy groups -OCH3 is 3. The van der Waals surface area contributed by atoms with Gasteiger partial charge in [-0.1, -0.05) is 0 Å². The zero-order chi connectivity index (χ0) is 22.6. The molecule has 1 fully saturated rings. The van der Waals surface area contributed by atoms with Crippen molar-refractivity contribution in [1.82, 2.24) is 15.5 Å². The zero-order valence-corrected chi connectivity index (χ0v) is 18.5. The van der Waals surface area contributed by atoms with Crippen LogP contribution in [-0.2, 0) is 19.1 Å². The van der Waals surface area contributed by atoms with Gasteiger partial charge in [-0.3, -0.25) is 14.4 Å². The van der Waals surface area contributed by atoms with Crippen molar-refractivity contribution in [2.24, 2.45) is 5.92 Å². The van der Waals surface area contributed by atoms with Crippen LogP contribution in [0.3, 0.4) is 0 Å². The molecule has 1 saturated heterocycles. The van der Waals surface area contributed by atoms with Gasteiger partial charge >= 0.3 is 0 Å². The van der Waals surface area contributed by atoms with E-state index in [1.54, 1.807) is 43.4 Å². The first-order chi connectivity index (χ1) is 15.0. The summed E-state index contributed by atoms with van der Waals surface area (Å²) in [6.07, 6.45) is 1.92. The molecule has 3 amide bonds. The lowest BCUT2D eigenvalue weighted by molar-refractivity contribution is -0.136. The number of likely N-dealkylation sites (tertiary alicyclic amines) is 1. The normalized spacial score (nSPS) is 15.3. The van der Waals surface area contributed by atoms with Gasteiger partial charge in [0.05, 0.1) is 7.11 Å². The quantitative estimate of drug-likeness (QED) is 0.499. The fraction of sp³-hybridized carbons (Fsp3) is 0.591. The van der Waals surface area contributed by atoms with Gasteiger partial charge in [0.2, 0.25) is 11.8 Å². The fourth-order valence-corrected chi connectivity index (χ4v) is 3.60. The second-order valence-corrected chi connectivity index (χ2v) is 7.47. The lowest BCUT2D eigenvalue weighted by atomic mass is 9.88. The molecule has 1 aromatic carbocycles. The Morgan fingerprint density at radius 3 is 2.32 bits per heavy atom. The van der Waals surface area contributed by atoms with Gasteiger partial charge in [0.1, 0.15) is 18.4 Å². The van der Waals surface area contributed by atoms with E-state index in [0.29, 0.717) is 56.8 Å². The third kappa shape index (κ3) is 7.52. The third-order valence-corrected chi connectivity index (χ3v) is 5.38. The minimum Gasteiger partial charge on any atom is -0.497 e. The molecular formula is C22H33N3O6. The van der Waals surface area contributed by atoms with E-state index in [9.17, 15) is 14.4 Å². The molecule has 2 rings (SSSR count). The topological polar surface area (TPSA) is 106 Å². The molecule has 31 heavy (non-hydrogen) atoms. The maximum Gasteiger partial charge on any atom is 0.251 e. The number of hydrogen-bond donors (Lipinski definition) is 2. The van der Waals surface area contributed by atoms with Crippen molar-refractivity contribution in [2.45, 2.75) is 25.3 Å². The van der Waals surface area contributed by atoms with Crippen LogP contribution in [0.15, 0.2) is 24.3 Å². The number of piperidine rings is 1. The summed E-state index contributed by atoms with van der Waals surface area (Å²) in [6, 6.07) is 6.04. The molecule has 0 bridgehead atoms. The smallest absolute Gasteiger partial charge is 0.251 e. The molecule has 1 heterocycles. The molecule has 0 unspecified atom stereocenters. The maximum absolute atomic E-state index is 12.9. The highest BCUT2D eigenvalue weighted by Gasteiger charge is 2.33. The number of nitrogens with zero attached hydrogens (tertiary/aromatic N) is 1. The van der Waals surface area contributed by atoms with Gasteiger partial charge in [-0.15, -0.1) is 0 Å². The van der Waals surface area contributed by atoms with Crippen molar-refractivity contribution in [3.05, 3.63) is 29.8 Å². The lowest BCUT2D eigenvalue weighted by Crippen LogP contribution is -2.54. The summed E-state index contributed by atoms with van der Waals surface area (Å²) >= 11 is 0. The first kappa shape index (κ1) is 24.6. The summed E-state index contributed by atoms with van der Waals surface area (Å²) in [5.41, 5.74) is 0.450. The van der Waals surface area contributed by atoms with Crippen LogP contribution >= 0.6 is 0 Å². The average Bonchev–Trinajstić information content (AvgIpc) is 2.80. The summed E-state index contributed by atoms with van der Waals surface area (Å²) < 4.78 is 15.1. The van der Waals surface area contributed by atoms with Crippen LogP contribution < -0.4 is 15.4 Å². The summed E-state index contributed by atoms with van der Waals surface area (Å²) in [7, 11) is 4.66. The molecule has 1 aliphatic rings. The van der Waals surface area contributed by atoms with E-state index in [2.05, 4.69) is 10.6 Å². The molecule has 9 nitrogen and oxygen atoms in total. The van der Waals surface area contributed by atoms with Gasteiger partial charge in [-0.05, 0) is 49.4 Å². The van der Waals surface area contributed by atoms with Crippen LogP contribution in [0, 0.1) is 5.92 Å². The highest BCUT2D eigenvalue weighted by atomic mass is 16.5. The van der Waals surface area contributed by atoms with Crippen molar-refractivity contribution >= 4 is 17.7 Å². The van der Waals surface area contributed by atoms with Gasteiger partial charge in [-0.2, -0.15) is 0 Å². The van der Waals surface area contributed by atoms with Crippen molar-refractivity contribution < 1.29 is 28.6 Å². The number of carbonyl (C=O) groups excluding carboxylic acids is 3. The SMILES string of the molecule is COCCCNC(=O)[C@@H](NC(=O)c1ccc(OC)cc1)C1CCN(C(=O)COC)CC1. The van der Waals surface area contributed by atoms with Crippen LogP contribution in [0.4, 0.5) is 0 Å². The van der Waals surface area contributed by atoms with Gasteiger partial charge < -0.3 is 29.7 Å². The van der Waals surface area contributed by atoms with E-state index in [-0.39, 0.29) is 30.2 Å². The Bertz CT molecular complexity index is 716. The largest absolute Gasteiger partial charge is 0.497 e. The number of amides is 3. The van der Waals surface area contributed by atoms with E-state index in [4.69, 9.17) is 14.2 Å². The monoisotopic (exact) mass is 435 g/mol. The van der Waals surface area contributed by atoms with E-state index in [1.165, 1.54) is 7.11 Å². The van der Waals surface area contributed by atoms with Crippen LogP contribution in [-0.4, -0.2) is 82.8 Å². The predicted octanol–water partition coefficient (Wildman–Crippen LogP) is 0.831. The van der Waals surface area contributed by atoms with Crippen LogP contribution in [0.1, 0.15) is 29.6 Å². The summed E-state index contributed by atoms with van der Waals surface area (Å²) in [6.45, 7) is 2.11. The number of rotatable bonds is 11. The van der Waals surface area contributed by atoms with Gasteiger partial charge in [0.15, 0.2) is 0 Å². The molecule has 0 aromatic heterocycles. The Balaban J connectivity index is 2.04. The highest BCUT2D eigenvalue weighted by molar-refractivity contribution is 5.97. The van der Waals surface area contributed by atoms with Crippen molar-refractivity contribution in [3.63, 3.8) is 0 Å². The fourth-order valence-electron chi connectivity index (χ4n) is 3.60. The van der Waals surface area contributed by atoms with Gasteiger partial charge in [0.25, 0.3) is 5.91 Å². The van der Waals surface area contributed by atoms with Crippen LogP contribution in [0.2, 0.25) is 0 Å². The third-order valence-electron chi connectivity index (χ3n) is 5.38. The molecular weight excluding hydrogens is 402 g/mol. The molecule has 172 valence electrons. The van der Waals surface area contributed by atoms with Gasteiger partial charge in [0, 0.05) is 46.0 Å².